The molecule has 0 aliphatic rings. The van der Waals surface area contributed by atoms with Crippen molar-refractivity contribution in [3.63, 3.8) is 0 Å². The lowest BCUT2D eigenvalue weighted by Crippen LogP contribution is -2.18. The van der Waals surface area contributed by atoms with Gasteiger partial charge in [0.15, 0.2) is 5.69 Å². The molecule has 0 radical (unpaired) electrons. The summed E-state index contributed by atoms with van der Waals surface area (Å²) in [6.07, 6.45) is 0. The minimum atomic E-state index is -1.08. The van der Waals surface area contributed by atoms with Crippen molar-refractivity contribution >= 4 is 5.97 Å². The van der Waals surface area contributed by atoms with Crippen LogP contribution < -0.4 is 0 Å². The number of nitrogens with zero attached hydrogens (tertiary/aromatic N) is 1. The summed E-state index contributed by atoms with van der Waals surface area (Å²) in [5.41, 5.74) is 1.76. The predicted octanol–water partition coefficient (Wildman–Crippen LogP) is 3.01. The Bertz CT molecular complexity index is 567. The molecule has 18 heavy (non-hydrogen) atoms. The Morgan fingerprint density at radius 3 is 2.39 bits per heavy atom. The van der Waals surface area contributed by atoms with E-state index in [9.17, 15) is 4.79 Å². The summed E-state index contributed by atoms with van der Waals surface area (Å²) in [7, 11) is 0. The highest BCUT2D eigenvalue weighted by molar-refractivity contribution is 5.85. The monoisotopic (exact) mass is 245 g/mol. The molecule has 2 aromatic rings. The number of aromatic carboxylic acids is 1. The fourth-order valence-electron chi connectivity index (χ4n) is 1.78. The second-order valence-corrected chi connectivity index (χ2v) is 4.87. The van der Waals surface area contributed by atoms with Crippen LogP contribution >= 0.6 is 0 Å². The van der Waals surface area contributed by atoms with Gasteiger partial charge in [-0.2, -0.15) is 0 Å². The molecule has 0 aliphatic heterocycles. The summed E-state index contributed by atoms with van der Waals surface area (Å²) in [5, 5.41) is 12.4. The Kier molecular flexibility index (Phi) is 2.95. The molecule has 4 nitrogen and oxygen atoms in total. The average Bonchev–Trinajstić information content (AvgIpc) is 2.79. The highest BCUT2D eigenvalue weighted by atomic mass is 16.5. The first-order chi connectivity index (χ1) is 8.41. The second-order valence-electron chi connectivity index (χ2n) is 4.87. The van der Waals surface area contributed by atoms with Crippen LogP contribution in [0.5, 0.6) is 0 Å². The van der Waals surface area contributed by atoms with Gasteiger partial charge in [0.1, 0.15) is 5.76 Å². The average molecular weight is 245 g/mol. The Morgan fingerprint density at radius 2 is 1.89 bits per heavy atom. The summed E-state index contributed by atoms with van der Waals surface area (Å²) >= 11 is 0. The molecular formula is C14H15NO3. The SMILES string of the molecule is Cc1ccc(C(C)(C)c2cc(C(=O)O)no2)cc1. The van der Waals surface area contributed by atoms with E-state index in [1.54, 1.807) is 0 Å². The van der Waals surface area contributed by atoms with Gasteiger partial charge in [-0.3, -0.25) is 0 Å². The van der Waals surface area contributed by atoms with Crippen molar-refractivity contribution in [3.05, 3.63) is 52.9 Å². The van der Waals surface area contributed by atoms with E-state index in [2.05, 4.69) is 5.16 Å². The molecule has 0 fully saturated rings. The van der Waals surface area contributed by atoms with E-state index in [1.165, 1.54) is 11.6 Å². The number of hydrogen-bond donors (Lipinski definition) is 1. The molecule has 0 amide bonds. The zero-order valence-corrected chi connectivity index (χ0v) is 10.6. The van der Waals surface area contributed by atoms with Gasteiger partial charge in [-0.25, -0.2) is 4.79 Å². The number of carbonyl (C=O) groups is 1. The normalized spacial score (nSPS) is 11.5. The molecule has 4 heteroatoms. The molecule has 0 saturated heterocycles. The van der Waals surface area contributed by atoms with E-state index in [0.717, 1.165) is 5.56 Å². The molecule has 1 N–H and O–H groups in total. The first-order valence-electron chi connectivity index (χ1n) is 5.69. The summed E-state index contributed by atoms with van der Waals surface area (Å²) < 4.78 is 5.14. The van der Waals surface area contributed by atoms with Gasteiger partial charge in [-0.1, -0.05) is 35.0 Å². The van der Waals surface area contributed by atoms with Gasteiger partial charge in [0.05, 0.1) is 5.41 Å². The summed E-state index contributed by atoms with van der Waals surface area (Å²) in [4.78, 5) is 10.8. The first-order valence-corrected chi connectivity index (χ1v) is 5.69. The molecular weight excluding hydrogens is 230 g/mol. The van der Waals surface area contributed by atoms with Crippen LogP contribution in [0.15, 0.2) is 34.9 Å². The van der Waals surface area contributed by atoms with Gasteiger partial charge in [-0.05, 0) is 26.3 Å². The Balaban J connectivity index is 2.40. The van der Waals surface area contributed by atoms with Crippen molar-refractivity contribution < 1.29 is 14.4 Å². The number of carboxylic acid groups (broad SMARTS) is 1. The van der Waals surface area contributed by atoms with Gasteiger partial charge < -0.3 is 9.63 Å². The van der Waals surface area contributed by atoms with Crippen molar-refractivity contribution in [1.82, 2.24) is 5.16 Å². The van der Waals surface area contributed by atoms with Crippen molar-refractivity contribution in [2.45, 2.75) is 26.2 Å². The van der Waals surface area contributed by atoms with E-state index in [0.29, 0.717) is 5.76 Å². The van der Waals surface area contributed by atoms with Gasteiger partial charge in [-0.15, -0.1) is 0 Å². The smallest absolute Gasteiger partial charge is 0.358 e. The van der Waals surface area contributed by atoms with E-state index >= 15 is 0 Å². The summed E-state index contributed by atoms with van der Waals surface area (Å²) in [6.45, 7) is 5.97. The Morgan fingerprint density at radius 1 is 1.28 bits per heavy atom. The molecule has 0 aliphatic carbocycles. The van der Waals surface area contributed by atoms with E-state index < -0.39 is 11.4 Å². The van der Waals surface area contributed by atoms with Crippen LogP contribution in [-0.2, 0) is 5.41 Å². The molecule has 0 bridgehead atoms. The van der Waals surface area contributed by atoms with Crippen molar-refractivity contribution in [2.24, 2.45) is 0 Å². The van der Waals surface area contributed by atoms with Crippen LogP contribution in [0.2, 0.25) is 0 Å². The molecule has 94 valence electrons. The van der Waals surface area contributed by atoms with Crippen LogP contribution in [0.25, 0.3) is 0 Å². The number of aromatic nitrogens is 1. The zero-order valence-electron chi connectivity index (χ0n) is 10.6. The molecule has 2 rings (SSSR count). The molecule has 0 unspecified atom stereocenters. The standard InChI is InChI=1S/C14H15NO3/c1-9-4-6-10(7-5-9)14(2,3)12-8-11(13(16)17)15-18-12/h4-8H,1-3H3,(H,16,17). The van der Waals surface area contributed by atoms with Crippen molar-refractivity contribution in [2.75, 3.05) is 0 Å². The third-order valence-electron chi connectivity index (χ3n) is 3.12. The van der Waals surface area contributed by atoms with Crippen molar-refractivity contribution in [1.29, 1.82) is 0 Å². The van der Waals surface area contributed by atoms with Crippen LogP contribution in [0, 0.1) is 6.92 Å². The van der Waals surface area contributed by atoms with Crippen LogP contribution in [-0.4, -0.2) is 16.2 Å². The first kappa shape index (κ1) is 12.4. The summed E-state index contributed by atoms with van der Waals surface area (Å²) in [6, 6.07) is 9.54. The minimum Gasteiger partial charge on any atom is -0.476 e. The fraction of sp³-hybridized carbons (Fsp3) is 0.286. The van der Waals surface area contributed by atoms with Gasteiger partial charge in [0, 0.05) is 6.07 Å². The molecule has 1 aromatic heterocycles. The van der Waals surface area contributed by atoms with Gasteiger partial charge in [0.2, 0.25) is 0 Å². The van der Waals surface area contributed by atoms with E-state index in [4.69, 9.17) is 9.63 Å². The highest BCUT2D eigenvalue weighted by Crippen LogP contribution is 2.31. The number of rotatable bonds is 3. The number of aryl methyl sites for hydroxylation is 1. The fourth-order valence-corrected chi connectivity index (χ4v) is 1.78. The lowest BCUT2D eigenvalue weighted by molar-refractivity contribution is 0.0685. The molecule has 0 spiro atoms. The van der Waals surface area contributed by atoms with Crippen LogP contribution in [0.3, 0.4) is 0 Å². The van der Waals surface area contributed by atoms with Crippen LogP contribution in [0.1, 0.15) is 41.2 Å². The Labute approximate surface area is 105 Å². The molecule has 1 aromatic carbocycles. The summed E-state index contributed by atoms with van der Waals surface area (Å²) in [5.74, 6) is -0.534. The number of benzene rings is 1. The zero-order chi connectivity index (χ0) is 13.3. The molecule has 0 atom stereocenters. The maximum atomic E-state index is 10.8. The number of carboxylic acids is 1. The quantitative estimate of drug-likeness (QED) is 0.902. The second kappa shape index (κ2) is 4.29. The largest absolute Gasteiger partial charge is 0.476 e. The van der Waals surface area contributed by atoms with Crippen molar-refractivity contribution in [3.8, 4) is 0 Å². The molecule has 1 heterocycles. The third-order valence-corrected chi connectivity index (χ3v) is 3.12. The molecule has 0 saturated carbocycles. The highest BCUT2D eigenvalue weighted by Gasteiger charge is 2.28. The van der Waals surface area contributed by atoms with Gasteiger partial charge >= 0.3 is 5.97 Å². The maximum Gasteiger partial charge on any atom is 0.358 e. The predicted molar refractivity (Wildman–Crippen MR) is 66.8 cm³/mol. The lowest BCUT2D eigenvalue weighted by Gasteiger charge is -2.21. The van der Waals surface area contributed by atoms with E-state index in [-0.39, 0.29) is 5.69 Å². The van der Waals surface area contributed by atoms with E-state index in [1.807, 2.05) is 45.0 Å². The minimum absolute atomic E-state index is 0.0646. The third kappa shape index (κ3) is 2.14. The number of hydrogen-bond acceptors (Lipinski definition) is 3. The van der Waals surface area contributed by atoms with Gasteiger partial charge in [0.25, 0.3) is 0 Å². The maximum absolute atomic E-state index is 10.8. The lowest BCUT2D eigenvalue weighted by atomic mass is 9.82. The topological polar surface area (TPSA) is 63.3 Å². The Hall–Kier alpha value is -2.10. The van der Waals surface area contributed by atoms with Crippen LogP contribution in [0.4, 0.5) is 0 Å².